The zero-order valence-electron chi connectivity index (χ0n) is 9.88. The van der Waals surface area contributed by atoms with Crippen molar-refractivity contribution >= 4 is 5.69 Å². The first-order valence-electron chi connectivity index (χ1n) is 5.59. The summed E-state index contributed by atoms with van der Waals surface area (Å²) in [6, 6.07) is 6.70. The Hall–Kier alpha value is -1.02. The van der Waals surface area contributed by atoms with E-state index in [-0.39, 0.29) is 5.54 Å². The van der Waals surface area contributed by atoms with Crippen molar-refractivity contribution in [2.75, 3.05) is 18.0 Å². The molecule has 1 aliphatic heterocycles. The molecule has 1 aliphatic rings. The van der Waals surface area contributed by atoms with Gasteiger partial charge in [-0.25, -0.2) is 0 Å². The maximum absolute atomic E-state index is 6.06. The molecule has 0 saturated carbocycles. The van der Waals surface area contributed by atoms with E-state index in [0.29, 0.717) is 0 Å². The van der Waals surface area contributed by atoms with Crippen molar-refractivity contribution in [1.82, 2.24) is 0 Å². The highest BCUT2D eigenvalue weighted by Gasteiger charge is 2.23. The summed E-state index contributed by atoms with van der Waals surface area (Å²) in [5.74, 6) is 0. The molecule has 1 heterocycles. The largest absolute Gasteiger partial charge is 0.369 e. The Kier molecular flexibility index (Phi) is 2.47. The van der Waals surface area contributed by atoms with Crippen molar-refractivity contribution in [2.45, 2.75) is 32.7 Å². The Morgan fingerprint density at radius 2 is 2.13 bits per heavy atom. The first-order valence-corrected chi connectivity index (χ1v) is 5.59. The van der Waals surface area contributed by atoms with Crippen LogP contribution in [0, 0.1) is 6.92 Å². The van der Waals surface area contributed by atoms with Gasteiger partial charge in [0.25, 0.3) is 0 Å². The van der Waals surface area contributed by atoms with Gasteiger partial charge in [0.1, 0.15) is 0 Å². The Bertz CT molecular complexity index is 363. The first kappa shape index (κ1) is 10.5. The number of hydrogen-bond donors (Lipinski definition) is 1. The van der Waals surface area contributed by atoms with Crippen LogP contribution in [-0.2, 0) is 6.42 Å². The highest BCUT2D eigenvalue weighted by molar-refractivity contribution is 5.59. The monoisotopic (exact) mass is 204 g/mol. The lowest BCUT2D eigenvalue weighted by Crippen LogP contribution is -2.44. The van der Waals surface area contributed by atoms with E-state index in [1.807, 2.05) is 0 Å². The van der Waals surface area contributed by atoms with E-state index in [0.717, 1.165) is 19.5 Å². The number of fused-ring (bicyclic) bond motifs is 1. The standard InChI is InChI=1S/C13H20N2/c1-10-4-5-12-11(8-10)6-7-15(12)9-13(2,3)14/h4-5,8H,6-7,9,14H2,1-3H3. The molecular formula is C13H20N2. The average Bonchev–Trinajstić information content (AvgIpc) is 2.45. The maximum atomic E-state index is 6.06. The summed E-state index contributed by atoms with van der Waals surface area (Å²) in [4.78, 5) is 2.40. The molecule has 15 heavy (non-hydrogen) atoms. The highest BCUT2D eigenvalue weighted by Crippen LogP contribution is 2.29. The normalized spacial score (nSPS) is 15.6. The van der Waals surface area contributed by atoms with Gasteiger partial charge in [-0.3, -0.25) is 0 Å². The Morgan fingerprint density at radius 3 is 2.80 bits per heavy atom. The molecular weight excluding hydrogens is 184 g/mol. The number of nitrogens with zero attached hydrogens (tertiary/aromatic N) is 1. The second kappa shape index (κ2) is 3.53. The zero-order chi connectivity index (χ0) is 11.1. The Balaban J connectivity index is 2.22. The van der Waals surface area contributed by atoms with Gasteiger partial charge in [0.15, 0.2) is 0 Å². The molecule has 0 radical (unpaired) electrons. The van der Waals surface area contributed by atoms with Crippen molar-refractivity contribution in [3.63, 3.8) is 0 Å². The van der Waals surface area contributed by atoms with E-state index in [1.54, 1.807) is 0 Å². The number of benzene rings is 1. The molecule has 0 spiro atoms. The molecule has 0 saturated heterocycles. The molecule has 2 rings (SSSR count). The van der Waals surface area contributed by atoms with Gasteiger partial charge in [-0.05, 0) is 38.8 Å². The highest BCUT2D eigenvalue weighted by atomic mass is 15.2. The molecule has 0 atom stereocenters. The van der Waals surface area contributed by atoms with E-state index < -0.39 is 0 Å². The van der Waals surface area contributed by atoms with Crippen LogP contribution >= 0.6 is 0 Å². The molecule has 0 bridgehead atoms. The van der Waals surface area contributed by atoms with Gasteiger partial charge in [-0.2, -0.15) is 0 Å². The zero-order valence-corrected chi connectivity index (χ0v) is 9.88. The molecule has 1 aromatic rings. The fourth-order valence-electron chi connectivity index (χ4n) is 2.26. The predicted octanol–water partition coefficient (Wildman–Crippen LogP) is 2.09. The molecule has 0 aliphatic carbocycles. The summed E-state index contributed by atoms with van der Waals surface area (Å²) in [5, 5.41) is 0. The third kappa shape index (κ3) is 2.32. The molecule has 0 amide bonds. The molecule has 0 aromatic heterocycles. The molecule has 0 fully saturated rings. The van der Waals surface area contributed by atoms with Gasteiger partial charge < -0.3 is 10.6 Å². The van der Waals surface area contributed by atoms with Crippen LogP contribution in [-0.4, -0.2) is 18.6 Å². The van der Waals surface area contributed by atoms with Gasteiger partial charge in [0, 0.05) is 24.3 Å². The number of hydrogen-bond acceptors (Lipinski definition) is 2. The van der Waals surface area contributed by atoms with Crippen molar-refractivity contribution in [3.05, 3.63) is 29.3 Å². The molecule has 1 aromatic carbocycles. The van der Waals surface area contributed by atoms with Crippen molar-refractivity contribution < 1.29 is 0 Å². The van der Waals surface area contributed by atoms with Gasteiger partial charge in [0.2, 0.25) is 0 Å². The van der Waals surface area contributed by atoms with Gasteiger partial charge >= 0.3 is 0 Å². The summed E-state index contributed by atoms with van der Waals surface area (Å²) >= 11 is 0. The third-order valence-electron chi connectivity index (χ3n) is 2.83. The average molecular weight is 204 g/mol. The minimum absolute atomic E-state index is 0.119. The van der Waals surface area contributed by atoms with Crippen LogP contribution < -0.4 is 10.6 Å². The summed E-state index contributed by atoms with van der Waals surface area (Å²) in [6.07, 6.45) is 1.16. The van der Waals surface area contributed by atoms with Crippen molar-refractivity contribution in [2.24, 2.45) is 5.73 Å². The fraction of sp³-hybridized carbons (Fsp3) is 0.538. The van der Waals surface area contributed by atoms with Crippen LogP contribution in [0.25, 0.3) is 0 Å². The molecule has 2 heteroatoms. The topological polar surface area (TPSA) is 29.3 Å². The van der Waals surface area contributed by atoms with Crippen LogP contribution in [0.1, 0.15) is 25.0 Å². The smallest absolute Gasteiger partial charge is 0.0400 e. The SMILES string of the molecule is Cc1ccc2c(c1)CCN2CC(C)(C)N. The lowest BCUT2D eigenvalue weighted by molar-refractivity contribution is 0.511. The first-order chi connectivity index (χ1) is 6.96. The second-order valence-electron chi connectivity index (χ2n) is 5.29. The summed E-state index contributed by atoms with van der Waals surface area (Å²) in [6.45, 7) is 8.36. The van der Waals surface area contributed by atoms with Gasteiger partial charge in [-0.15, -0.1) is 0 Å². The fourth-order valence-corrected chi connectivity index (χ4v) is 2.26. The molecule has 2 N–H and O–H groups in total. The summed E-state index contributed by atoms with van der Waals surface area (Å²) < 4.78 is 0. The van der Waals surface area contributed by atoms with E-state index in [4.69, 9.17) is 5.73 Å². The van der Waals surface area contributed by atoms with Crippen molar-refractivity contribution in [1.29, 1.82) is 0 Å². The van der Waals surface area contributed by atoms with Crippen LogP contribution in [0.5, 0.6) is 0 Å². The minimum Gasteiger partial charge on any atom is -0.369 e. The van der Waals surface area contributed by atoms with Crippen LogP contribution in [0.15, 0.2) is 18.2 Å². The Morgan fingerprint density at radius 1 is 1.40 bits per heavy atom. The molecule has 2 nitrogen and oxygen atoms in total. The van der Waals surface area contributed by atoms with E-state index in [9.17, 15) is 0 Å². The maximum Gasteiger partial charge on any atom is 0.0400 e. The van der Waals surface area contributed by atoms with Crippen LogP contribution in [0.3, 0.4) is 0 Å². The van der Waals surface area contributed by atoms with E-state index in [2.05, 4.69) is 43.9 Å². The summed E-state index contributed by atoms with van der Waals surface area (Å²) in [5.41, 5.74) is 10.1. The quantitative estimate of drug-likeness (QED) is 0.799. The number of aryl methyl sites for hydroxylation is 1. The lowest BCUT2D eigenvalue weighted by atomic mass is 10.1. The number of nitrogens with two attached hydrogens (primary N) is 1. The minimum atomic E-state index is -0.119. The van der Waals surface area contributed by atoms with Gasteiger partial charge in [-0.1, -0.05) is 17.7 Å². The van der Waals surface area contributed by atoms with Crippen molar-refractivity contribution in [3.8, 4) is 0 Å². The number of anilines is 1. The van der Waals surface area contributed by atoms with E-state index >= 15 is 0 Å². The second-order valence-corrected chi connectivity index (χ2v) is 5.29. The Labute approximate surface area is 92.1 Å². The molecule has 82 valence electrons. The lowest BCUT2D eigenvalue weighted by Gasteiger charge is -2.28. The summed E-state index contributed by atoms with van der Waals surface area (Å²) in [7, 11) is 0. The molecule has 0 unspecified atom stereocenters. The number of rotatable bonds is 2. The van der Waals surface area contributed by atoms with Gasteiger partial charge in [0.05, 0.1) is 0 Å². The van der Waals surface area contributed by atoms with Crippen LogP contribution in [0.2, 0.25) is 0 Å². The predicted molar refractivity (Wildman–Crippen MR) is 65.4 cm³/mol. The third-order valence-corrected chi connectivity index (χ3v) is 2.83. The van der Waals surface area contributed by atoms with E-state index in [1.165, 1.54) is 16.8 Å². The van der Waals surface area contributed by atoms with Crippen LogP contribution in [0.4, 0.5) is 5.69 Å².